The van der Waals surface area contributed by atoms with E-state index in [4.69, 9.17) is 20.2 Å². The molecule has 39 heavy (non-hydrogen) atoms. The smallest absolute Gasteiger partial charge is 0.251 e. The van der Waals surface area contributed by atoms with E-state index in [1.54, 1.807) is 38.0 Å². The van der Waals surface area contributed by atoms with Gasteiger partial charge in [0.15, 0.2) is 5.96 Å². The van der Waals surface area contributed by atoms with Gasteiger partial charge in [0.1, 0.15) is 17.5 Å². The van der Waals surface area contributed by atoms with E-state index in [-0.39, 0.29) is 30.3 Å². The fourth-order valence-corrected chi connectivity index (χ4v) is 6.16. The van der Waals surface area contributed by atoms with Crippen molar-refractivity contribution >= 4 is 17.8 Å². The van der Waals surface area contributed by atoms with Crippen molar-refractivity contribution in [1.82, 2.24) is 10.2 Å². The van der Waals surface area contributed by atoms with Gasteiger partial charge in [0.05, 0.1) is 30.1 Å². The second-order valence-electron chi connectivity index (χ2n) is 11.3. The number of methoxy groups -OCH3 is 1. The summed E-state index contributed by atoms with van der Waals surface area (Å²) in [6, 6.07) is 11.7. The number of aliphatic imine (C=N–C) groups is 1. The highest BCUT2D eigenvalue weighted by atomic mass is 16.5. The molecule has 2 aromatic carbocycles. The summed E-state index contributed by atoms with van der Waals surface area (Å²) >= 11 is 0. The average Bonchev–Trinajstić information content (AvgIpc) is 3.28. The van der Waals surface area contributed by atoms with Crippen molar-refractivity contribution < 1.29 is 24.2 Å². The maximum atomic E-state index is 13.6. The van der Waals surface area contributed by atoms with Crippen LogP contribution in [0.2, 0.25) is 0 Å². The zero-order valence-corrected chi connectivity index (χ0v) is 23.2. The Morgan fingerprint density at radius 2 is 1.92 bits per heavy atom. The van der Waals surface area contributed by atoms with Gasteiger partial charge >= 0.3 is 0 Å². The zero-order chi connectivity index (χ0) is 28.1. The number of aliphatic hydroxyl groups excluding tert-OH is 1. The number of guanidine groups is 1. The Morgan fingerprint density at radius 1 is 1.21 bits per heavy atom. The SMILES string of the molecule is CCC1(CC)CC(=O)N([C@H]2c3cc(C(=O)N[C@@H]4c5ccccc5OC(C)(C)[C@H]4O)ccc3CC2OC)C(N)=N1. The first-order valence-electron chi connectivity index (χ1n) is 13.6. The van der Waals surface area contributed by atoms with E-state index < -0.39 is 29.3 Å². The van der Waals surface area contributed by atoms with E-state index >= 15 is 0 Å². The summed E-state index contributed by atoms with van der Waals surface area (Å²) in [4.78, 5) is 33.4. The van der Waals surface area contributed by atoms with Crippen molar-refractivity contribution in [2.24, 2.45) is 10.7 Å². The highest BCUT2D eigenvalue weighted by molar-refractivity contribution is 6.00. The topological polar surface area (TPSA) is 126 Å². The predicted octanol–water partition coefficient (Wildman–Crippen LogP) is 3.41. The number of para-hydroxylation sites is 1. The average molecular weight is 535 g/mol. The third-order valence-electron chi connectivity index (χ3n) is 8.69. The molecule has 9 heteroatoms. The number of nitrogens with zero attached hydrogens (tertiary/aromatic N) is 2. The summed E-state index contributed by atoms with van der Waals surface area (Å²) in [6.45, 7) is 7.63. The minimum absolute atomic E-state index is 0.0925. The number of carbonyl (C=O) groups is 2. The molecule has 0 aromatic heterocycles. The third kappa shape index (κ3) is 4.57. The Bertz CT molecular complexity index is 1320. The third-order valence-corrected chi connectivity index (χ3v) is 8.69. The fourth-order valence-electron chi connectivity index (χ4n) is 6.16. The molecular weight excluding hydrogens is 496 g/mol. The van der Waals surface area contributed by atoms with Crippen LogP contribution in [0.15, 0.2) is 47.5 Å². The number of aliphatic hydroxyl groups is 1. The van der Waals surface area contributed by atoms with Gasteiger partial charge in [-0.05, 0) is 56.0 Å². The molecule has 4 N–H and O–H groups in total. The highest BCUT2D eigenvalue weighted by Gasteiger charge is 2.47. The molecule has 5 rings (SSSR count). The summed E-state index contributed by atoms with van der Waals surface area (Å²) in [6.07, 6.45) is 1.03. The van der Waals surface area contributed by atoms with Crippen molar-refractivity contribution in [1.29, 1.82) is 0 Å². The van der Waals surface area contributed by atoms with Crippen LogP contribution in [-0.4, -0.2) is 58.2 Å². The lowest BCUT2D eigenvalue weighted by Crippen LogP contribution is -2.54. The van der Waals surface area contributed by atoms with Crippen LogP contribution in [0.3, 0.4) is 0 Å². The van der Waals surface area contributed by atoms with Crippen LogP contribution in [-0.2, 0) is 16.0 Å². The van der Waals surface area contributed by atoms with Gasteiger partial charge in [0, 0.05) is 24.7 Å². The summed E-state index contributed by atoms with van der Waals surface area (Å²) < 4.78 is 11.8. The minimum Gasteiger partial charge on any atom is -0.485 e. The standard InChI is InChI=1S/C30H38N4O5/c1-6-30(7-2)16-23(35)34(28(31)33-30)25-20-14-18(13-12-17(20)15-22(25)38-5)27(37)32-24-19-10-8-9-11-21(19)39-29(3,4)26(24)36/h8-14,22,24-26,36H,6-7,15-16H2,1-5H3,(H2,31,33)(H,32,37)/t22?,24-,25+,26+/m1/s1. The molecule has 0 spiro atoms. The van der Waals surface area contributed by atoms with Crippen LogP contribution in [0, 0.1) is 0 Å². The zero-order valence-electron chi connectivity index (χ0n) is 23.2. The van der Waals surface area contributed by atoms with E-state index in [0.29, 0.717) is 17.7 Å². The van der Waals surface area contributed by atoms with Gasteiger partial charge in [-0.2, -0.15) is 0 Å². The molecule has 1 aliphatic carbocycles. The molecule has 2 amide bonds. The van der Waals surface area contributed by atoms with Crippen molar-refractivity contribution in [3.05, 3.63) is 64.7 Å². The molecular formula is C30H38N4O5. The Hall–Kier alpha value is -3.43. The highest BCUT2D eigenvalue weighted by Crippen LogP contribution is 2.42. The van der Waals surface area contributed by atoms with E-state index in [1.807, 2.05) is 44.2 Å². The number of carbonyl (C=O) groups excluding carboxylic acids is 2. The number of ether oxygens (including phenoxy) is 2. The number of hydrogen-bond acceptors (Lipinski definition) is 7. The van der Waals surface area contributed by atoms with Gasteiger partial charge in [-0.1, -0.05) is 38.1 Å². The molecule has 0 fully saturated rings. The fraction of sp³-hybridized carbons (Fsp3) is 0.500. The monoisotopic (exact) mass is 534 g/mol. The van der Waals surface area contributed by atoms with Crippen molar-refractivity contribution in [3.8, 4) is 5.75 Å². The quantitative estimate of drug-likeness (QED) is 0.521. The van der Waals surface area contributed by atoms with Crippen LogP contribution >= 0.6 is 0 Å². The van der Waals surface area contributed by atoms with Crippen LogP contribution in [0.1, 0.15) is 86.1 Å². The van der Waals surface area contributed by atoms with Crippen molar-refractivity contribution in [2.45, 2.75) is 88.8 Å². The number of rotatable bonds is 6. The van der Waals surface area contributed by atoms with E-state index in [9.17, 15) is 14.7 Å². The lowest BCUT2D eigenvalue weighted by molar-refractivity contribution is -0.133. The van der Waals surface area contributed by atoms with Crippen LogP contribution in [0.25, 0.3) is 0 Å². The second kappa shape index (κ2) is 9.95. The van der Waals surface area contributed by atoms with Gasteiger partial charge in [0.25, 0.3) is 5.91 Å². The van der Waals surface area contributed by atoms with Gasteiger partial charge < -0.3 is 25.6 Å². The van der Waals surface area contributed by atoms with Crippen LogP contribution < -0.4 is 15.8 Å². The largest absolute Gasteiger partial charge is 0.485 e. The molecule has 4 atom stereocenters. The maximum absolute atomic E-state index is 13.6. The molecule has 9 nitrogen and oxygen atoms in total. The van der Waals surface area contributed by atoms with Gasteiger partial charge in [-0.15, -0.1) is 0 Å². The van der Waals surface area contributed by atoms with E-state index in [1.165, 1.54) is 0 Å². The lowest BCUT2D eigenvalue weighted by atomic mass is 9.86. The first-order chi connectivity index (χ1) is 18.5. The molecule has 0 radical (unpaired) electrons. The number of benzene rings is 2. The molecule has 0 saturated carbocycles. The normalized spacial score (nSPS) is 26.8. The van der Waals surface area contributed by atoms with Gasteiger partial charge in [-0.3, -0.25) is 14.5 Å². The Kier molecular flexibility index (Phi) is 6.93. The predicted molar refractivity (Wildman–Crippen MR) is 147 cm³/mol. The van der Waals surface area contributed by atoms with Crippen LogP contribution in [0.5, 0.6) is 5.75 Å². The number of fused-ring (bicyclic) bond motifs is 2. The minimum atomic E-state index is -0.962. The molecule has 3 aliphatic rings. The van der Waals surface area contributed by atoms with Crippen LogP contribution in [0.4, 0.5) is 0 Å². The Morgan fingerprint density at radius 3 is 2.59 bits per heavy atom. The van der Waals surface area contributed by atoms with E-state index in [0.717, 1.165) is 29.5 Å². The first kappa shape index (κ1) is 27.1. The lowest BCUT2D eigenvalue weighted by Gasteiger charge is -2.42. The molecule has 0 bridgehead atoms. The molecule has 2 aliphatic heterocycles. The number of nitrogens with two attached hydrogens (primary N) is 1. The molecule has 2 heterocycles. The number of amides is 2. The molecule has 2 aromatic rings. The van der Waals surface area contributed by atoms with Crippen molar-refractivity contribution in [2.75, 3.05) is 7.11 Å². The Labute approximate surface area is 229 Å². The first-order valence-corrected chi connectivity index (χ1v) is 13.6. The summed E-state index contributed by atoms with van der Waals surface area (Å²) in [5.41, 5.74) is 8.00. The Balaban J connectivity index is 1.47. The maximum Gasteiger partial charge on any atom is 0.251 e. The van der Waals surface area contributed by atoms with Gasteiger partial charge in [0.2, 0.25) is 5.91 Å². The van der Waals surface area contributed by atoms with Crippen molar-refractivity contribution in [3.63, 3.8) is 0 Å². The van der Waals surface area contributed by atoms with Gasteiger partial charge in [-0.25, -0.2) is 4.99 Å². The second-order valence-corrected chi connectivity index (χ2v) is 11.3. The summed E-state index contributed by atoms with van der Waals surface area (Å²) in [7, 11) is 1.62. The number of nitrogens with one attached hydrogen (secondary N) is 1. The summed E-state index contributed by atoms with van der Waals surface area (Å²) in [5, 5.41) is 14.1. The molecule has 0 saturated heterocycles. The van der Waals surface area contributed by atoms with E-state index in [2.05, 4.69) is 5.32 Å². The molecule has 208 valence electrons. The number of hydrogen-bond donors (Lipinski definition) is 3. The summed E-state index contributed by atoms with van der Waals surface area (Å²) in [5.74, 6) is 0.388. The molecule has 1 unspecified atom stereocenters.